The summed E-state index contributed by atoms with van der Waals surface area (Å²) in [5, 5.41) is 2.79. The van der Waals surface area contributed by atoms with E-state index >= 15 is 0 Å². The van der Waals surface area contributed by atoms with Gasteiger partial charge in [-0.1, -0.05) is 13.0 Å². The number of carbonyl (C=O) groups is 2. The first-order valence-corrected chi connectivity index (χ1v) is 6.24. The lowest BCUT2D eigenvalue weighted by Gasteiger charge is -2.20. The van der Waals surface area contributed by atoms with Crippen molar-refractivity contribution in [2.24, 2.45) is 5.84 Å². The lowest BCUT2D eigenvalue weighted by atomic mass is 10.0. The van der Waals surface area contributed by atoms with Crippen LogP contribution in [-0.4, -0.2) is 17.9 Å². The van der Waals surface area contributed by atoms with Crippen LogP contribution in [-0.2, 0) is 16.0 Å². The van der Waals surface area contributed by atoms with E-state index in [0.717, 1.165) is 17.7 Å². The third kappa shape index (κ3) is 3.03. The lowest BCUT2D eigenvalue weighted by Crippen LogP contribution is -2.41. The Labute approximate surface area is 111 Å². The number of anilines is 1. The predicted molar refractivity (Wildman–Crippen MR) is 70.4 cm³/mol. The van der Waals surface area contributed by atoms with Gasteiger partial charge >= 0.3 is 0 Å². The van der Waals surface area contributed by atoms with Gasteiger partial charge in [0.05, 0.1) is 0 Å². The van der Waals surface area contributed by atoms with Crippen molar-refractivity contribution >= 4 is 17.5 Å². The quantitative estimate of drug-likeness (QED) is 0.424. The van der Waals surface area contributed by atoms with E-state index in [9.17, 15) is 9.59 Å². The first-order chi connectivity index (χ1) is 9.13. The molecule has 19 heavy (non-hydrogen) atoms. The zero-order chi connectivity index (χ0) is 13.8. The number of ether oxygens (including phenoxy) is 1. The molecule has 0 radical (unpaired) electrons. The molecule has 0 fully saturated rings. The van der Waals surface area contributed by atoms with Crippen LogP contribution in [0.3, 0.4) is 0 Å². The Kier molecular flexibility index (Phi) is 4.01. The Morgan fingerprint density at radius 1 is 1.53 bits per heavy atom. The molecule has 1 aromatic rings. The third-order valence-corrected chi connectivity index (χ3v) is 3.06. The number of hydrazine groups is 1. The van der Waals surface area contributed by atoms with E-state index in [0.29, 0.717) is 18.6 Å². The third-order valence-electron chi connectivity index (χ3n) is 3.06. The molecule has 0 saturated carbocycles. The number of nitrogens with one attached hydrogen (secondary N) is 2. The highest BCUT2D eigenvalue weighted by molar-refractivity contribution is 5.94. The summed E-state index contributed by atoms with van der Waals surface area (Å²) in [6.45, 7) is 1.83. The highest BCUT2D eigenvalue weighted by Gasteiger charge is 2.19. The summed E-state index contributed by atoms with van der Waals surface area (Å²) in [6.07, 6.45) is 1.09. The molecular formula is C13H17N3O3. The summed E-state index contributed by atoms with van der Waals surface area (Å²) < 4.78 is 5.57. The molecule has 6 nitrogen and oxygen atoms in total. The van der Waals surface area contributed by atoms with Crippen LogP contribution in [0, 0.1) is 0 Å². The minimum atomic E-state index is -0.637. The smallest absolute Gasteiger partial charge is 0.274 e. The maximum absolute atomic E-state index is 11.5. The number of benzene rings is 1. The highest BCUT2D eigenvalue weighted by Crippen LogP contribution is 2.27. The fourth-order valence-electron chi connectivity index (χ4n) is 2.00. The number of rotatable bonds is 4. The maximum atomic E-state index is 11.5. The first-order valence-electron chi connectivity index (χ1n) is 6.24. The molecule has 0 spiro atoms. The molecule has 4 N–H and O–H groups in total. The van der Waals surface area contributed by atoms with Crippen LogP contribution in [0.4, 0.5) is 5.69 Å². The molecule has 1 atom stereocenters. The second-order valence-corrected chi connectivity index (χ2v) is 4.39. The average Bonchev–Trinajstić information content (AvgIpc) is 2.43. The number of fused-ring (bicyclic) bond motifs is 1. The summed E-state index contributed by atoms with van der Waals surface area (Å²) in [7, 11) is 0. The van der Waals surface area contributed by atoms with Crippen LogP contribution in [0.2, 0.25) is 0 Å². The zero-order valence-electron chi connectivity index (χ0n) is 10.7. The largest absolute Gasteiger partial charge is 0.480 e. The van der Waals surface area contributed by atoms with Crippen LogP contribution in [0.15, 0.2) is 18.2 Å². The van der Waals surface area contributed by atoms with Crippen molar-refractivity contribution in [1.82, 2.24) is 5.43 Å². The molecule has 1 heterocycles. The number of carbonyl (C=O) groups excluding carboxylic acids is 2. The van der Waals surface area contributed by atoms with E-state index in [-0.39, 0.29) is 11.8 Å². The van der Waals surface area contributed by atoms with Crippen molar-refractivity contribution in [1.29, 1.82) is 0 Å². The summed E-state index contributed by atoms with van der Waals surface area (Å²) >= 11 is 0. The van der Waals surface area contributed by atoms with Crippen LogP contribution in [0.5, 0.6) is 5.75 Å². The molecule has 2 rings (SSSR count). The monoisotopic (exact) mass is 263 g/mol. The average molecular weight is 263 g/mol. The fraction of sp³-hybridized carbons (Fsp3) is 0.385. The lowest BCUT2D eigenvalue weighted by molar-refractivity contribution is -0.128. The molecule has 2 amide bonds. The minimum Gasteiger partial charge on any atom is -0.480 e. The van der Waals surface area contributed by atoms with E-state index in [2.05, 4.69) is 10.7 Å². The van der Waals surface area contributed by atoms with Crippen LogP contribution >= 0.6 is 0 Å². The second-order valence-electron chi connectivity index (χ2n) is 4.39. The molecule has 1 aliphatic rings. The van der Waals surface area contributed by atoms with Crippen LogP contribution < -0.4 is 21.3 Å². The number of hydrogen-bond acceptors (Lipinski definition) is 4. The Balaban J connectivity index is 2.15. The molecular weight excluding hydrogens is 246 g/mol. The zero-order valence-corrected chi connectivity index (χ0v) is 10.7. The van der Waals surface area contributed by atoms with Crippen molar-refractivity contribution in [2.45, 2.75) is 32.3 Å². The highest BCUT2D eigenvalue weighted by atomic mass is 16.5. The summed E-state index contributed by atoms with van der Waals surface area (Å²) in [4.78, 5) is 22.8. The van der Waals surface area contributed by atoms with Crippen molar-refractivity contribution in [2.75, 3.05) is 5.32 Å². The van der Waals surface area contributed by atoms with Gasteiger partial charge in [0.15, 0.2) is 6.10 Å². The Bertz CT molecular complexity index is 502. The van der Waals surface area contributed by atoms with E-state index in [4.69, 9.17) is 10.6 Å². The molecule has 1 aliphatic heterocycles. The number of hydrogen-bond donors (Lipinski definition) is 3. The van der Waals surface area contributed by atoms with Gasteiger partial charge in [-0.3, -0.25) is 15.0 Å². The van der Waals surface area contributed by atoms with E-state index in [1.54, 1.807) is 12.1 Å². The Hall–Kier alpha value is -2.08. The normalized spacial score (nSPS) is 15.2. The van der Waals surface area contributed by atoms with Crippen LogP contribution in [0.1, 0.15) is 25.3 Å². The SMILES string of the molecule is CCC(Oc1ccc2c(c1)NC(=O)CC2)C(=O)NN. The minimum absolute atomic E-state index is 0.00334. The maximum Gasteiger partial charge on any atom is 0.274 e. The topological polar surface area (TPSA) is 93.4 Å². The predicted octanol–water partition coefficient (Wildman–Crippen LogP) is 0.719. The fourth-order valence-corrected chi connectivity index (χ4v) is 2.00. The molecule has 0 bridgehead atoms. The first kappa shape index (κ1) is 13.4. The van der Waals surface area contributed by atoms with Crippen molar-refractivity contribution in [3.63, 3.8) is 0 Å². The number of amides is 2. The van der Waals surface area contributed by atoms with Gasteiger partial charge < -0.3 is 10.1 Å². The van der Waals surface area contributed by atoms with Gasteiger partial charge in [-0.25, -0.2) is 5.84 Å². The molecule has 6 heteroatoms. The standard InChI is InChI=1S/C13H17N3O3/c1-2-11(13(18)16-14)19-9-5-3-8-4-6-12(17)15-10(8)7-9/h3,5,7,11H,2,4,6,14H2,1H3,(H,15,17)(H,16,18). The van der Waals surface area contributed by atoms with Gasteiger partial charge in [0, 0.05) is 18.2 Å². The summed E-state index contributed by atoms with van der Waals surface area (Å²) in [5.74, 6) is 5.26. The van der Waals surface area contributed by atoms with Gasteiger partial charge in [-0.05, 0) is 24.5 Å². The Morgan fingerprint density at radius 2 is 2.32 bits per heavy atom. The molecule has 0 aromatic heterocycles. The number of nitrogens with two attached hydrogens (primary N) is 1. The van der Waals surface area contributed by atoms with E-state index < -0.39 is 6.10 Å². The van der Waals surface area contributed by atoms with Gasteiger partial charge in [0.1, 0.15) is 5.75 Å². The number of aryl methyl sites for hydroxylation is 1. The van der Waals surface area contributed by atoms with Crippen molar-refractivity contribution in [3.05, 3.63) is 23.8 Å². The van der Waals surface area contributed by atoms with Gasteiger partial charge in [-0.2, -0.15) is 0 Å². The van der Waals surface area contributed by atoms with Crippen LogP contribution in [0.25, 0.3) is 0 Å². The molecule has 1 unspecified atom stereocenters. The van der Waals surface area contributed by atoms with Crippen molar-refractivity contribution < 1.29 is 14.3 Å². The summed E-state index contributed by atoms with van der Waals surface area (Å²) in [6, 6.07) is 5.43. The van der Waals surface area contributed by atoms with E-state index in [1.807, 2.05) is 13.0 Å². The molecule has 1 aromatic carbocycles. The molecule has 102 valence electrons. The van der Waals surface area contributed by atoms with Gasteiger partial charge in [0.25, 0.3) is 5.91 Å². The van der Waals surface area contributed by atoms with Gasteiger partial charge in [0.2, 0.25) is 5.91 Å². The van der Waals surface area contributed by atoms with E-state index in [1.165, 1.54) is 0 Å². The second kappa shape index (κ2) is 5.71. The summed E-state index contributed by atoms with van der Waals surface area (Å²) in [5.41, 5.74) is 3.89. The molecule has 0 aliphatic carbocycles. The molecule has 0 saturated heterocycles. The van der Waals surface area contributed by atoms with Crippen molar-refractivity contribution in [3.8, 4) is 5.75 Å². The Morgan fingerprint density at radius 3 is 3.00 bits per heavy atom. The van der Waals surface area contributed by atoms with Gasteiger partial charge in [-0.15, -0.1) is 0 Å².